The fourth-order valence-electron chi connectivity index (χ4n) is 4.83. The Labute approximate surface area is 173 Å². The number of aliphatic hydroxyl groups is 1. The van der Waals surface area contributed by atoms with Crippen LogP contribution >= 0.6 is 0 Å². The van der Waals surface area contributed by atoms with Gasteiger partial charge in [-0.1, -0.05) is 75.4 Å². The van der Waals surface area contributed by atoms with Gasteiger partial charge in [0.25, 0.3) is 0 Å². The zero-order valence-electron chi connectivity index (χ0n) is 17.6. The molecule has 2 unspecified atom stereocenters. The minimum Gasteiger partial charge on any atom is -0.445 e. The van der Waals surface area contributed by atoms with Gasteiger partial charge in [-0.15, -0.1) is 0 Å². The lowest BCUT2D eigenvalue weighted by atomic mass is 9.78. The lowest BCUT2D eigenvalue weighted by Crippen LogP contribution is -2.52. The van der Waals surface area contributed by atoms with Crippen molar-refractivity contribution in [3.8, 4) is 0 Å². The first-order chi connectivity index (χ1) is 13.8. The van der Waals surface area contributed by atoms with Gasteiger partial charge < -0.3 is 14.7 Å². The maximum atomic E-state index is 12.8. The van der Waals surface area contributed by atoms with Gasteiger partial charge in [-0.25, -0.2) is 4.79 Å². The third-order valence-electron chi connectivity index (χ3n) is 6.45. The number of carbonyl (C=O) groups is 1. The summed E-state index contributed by atoms with van der Waals surface area (Å²) in [6, 6.07) is 18.1. The summed E-state index contributed by atoms with van der Waals surface area (Å²) in [5.41, 5.74) is 2.33. The first kappa shape index (κ1) is 20.0. The second kappa shape index (κ2) is 7.49. The molecule has 1 N–H and O–H groups in total. The van der Waals surface area contributed by atoms with Crippen LogP contribution in [0.3, 0.4) is 0 Å². The highest BCUT2D eigenvalue weighted by Gasteiger charge is 2.50. The van der Waals surface area contributed by atoms with Crippen LogP contribution in [0.1, 0.15) is 63.1 Å². The second-order valence-corrected chi connectivity index (χ2v) is 9.60. The van der Waals surface area contributed by atoms with E-state index in [4.69, 9.17) is 4.74 Å². The summed E-state index contributed by atoms with van der Waals surface area (Å²) in [6.45, 7) is 6.84. The largest absolute Gasteiger partial charge is 0.445 e. The molecule has 2 heterocycles. The molecule has 29 heavy (non-hydrogen) atoms. The van der Waals surface area contributed by atoms with Crippen molar-refractivity contribution >= 4 is 6.09 Å². The Morgan fingerprint density at radius 1 is 1.07 bits per heavy atom. The maximum Gasteiger partial charge on any atom is 0.410 e. The molecule has 2 aliphatic heterocycles. The quantitative estimate of drug-likeness (QED) is 0.786. The van der Waals surface area contributed by atoms with Crippen LogP contribution in [0.25, 0.3) is 0 Å². The molecular formula is C25H31NO3. The molecule has 0 saturated carbocycles. The molecule has 1 amide bonds. The Bertz CT molecular complexity index is 857. The lowest BCUT2D eigenvalue weighted by molar-refractivity contribution is -0.0537. The molecule has 0 radical (unpaired) electrons. The van der Waals surface area contributed by atoms with E-state index in [2.05, 4.69) is 32.9 Å². The van der Waals surface area contributed by atoms with Crippen molar-refractivity contribution in [2.45, 2.75) is 76.2 Å². The Morgan fingerprint density at radius 2 is 1.72 bits per heavy atom. The number of hydrogen-bond acceptors (Lipinski definition) is 3. The molecule has 2 aromatic carbocycles. The summed E-state index contributed by atoms with van der Waals surface area (Å²) >= 11 is 0. The van der Waals surface area contributed by atoms with Crippen molar-refractivity contribution in [2.24, 2.45) is 0 Å². The summed E-state index contributed by atoms with van der Waals surface area (Å²) in [6.07, 6.45) is 2.72. The van der Waals surface area contributed by atoms with E-state index in [9.17, 15) is 9.90 Å². The van der Waals surface area contributed by atoms with Gasteiger partial charge in [-0.3, -0.25) is 0 Å². The molecule has 2 aliphatic rings. The average Bonchev–Trinajstić information content (AvgIpc) is 2.98. The molecule has 2 atom stereocenters. The van der Waals surface area contributed by atoms with Crippen LogP contribution in [0, 0.1) is 0 Å². The van der Waals surface area contributed by atoms with Crippen LogP contribution in [0.2, 0.25) is 0 Å². The molecule has 2 aromatic rings. The van der Waals surface area contributed by atoms with Crippen molar-refractivity contribution < 1.29 is 14.6 Å². The van der Waals surface area contributed by atoms with E-state index in [-0.39, 0.29) is 30.2 Å². The Hall–Kier alpha value is -2.33. The molecule has 154 valence electrons. The van der Waals surface area contributed by atoms with E-state index in [0.717, 1.165) is 24.0 Å². The van der Waals surface area contributed by atoms with Crippen molar-refractivity contribution in [2.75, 3.05) is 0 Å². The smallest absolute Gasteiger partial charge is 0.410 e. The van der Waals surface area contributed by atoms with Crippen LogP contribution < -0.4 is 0 Å². The van der Waals surface area contributed by atoms with E-state index in [1.807, 2.05) is 47.4 Å². The van der Waals surface area contributed by atoms with E-state index in [1.54, 1.807) is 0 Å². The number of rotatable bonds is 3. The van der Waals surface area contributed by atoms with Gasteiger partial charge in [0.15, 0.2) is 0 Å². The summed E-state index contributed by atoms with van der Waals surface area (Å²) in [5.74, 6) is 0. The molecule has 4 rings (SSSR count). The first-order valence-electron chi connectivity index (χ1n) is 10.6. The monoisotopic (exact) mass is 393 g/mol. The number of piperidine rings is 1. The lowest BCUT2D eigenvalue weighted by Gasteiger charge is -2.43. The SMILES string of the molecule is CC(C)(C)c1cccc(C2(O)CC3CCC(C2)N3C(=O)OCc2ccccc2)c1. The standard InChI is InChI=1S/C25H31NO3/c1-24(2,3)19-10-7-11-20(14-19)25(28)15-21-12-13-22(16-25)26(21)23(27)29-17-18-8-5-4-6-9-18/h4-11,14,21-22,28H,12-13,15-17H2,1-3H3. The molecule has 2 saturated heterocycles. The molecule has 0 spiro atoms. The van der Waals surface area contributed by atoms with Crippen molar-refractivity contribution in [1.82, 2.24) is 4.90 Å². The van der Waals surface area contributed by atoms with Crippen LogP contribution in [0.15, 0.2) is 54.6 Å². The number of amides is 1. The fraction of sp³-hybridized carbons (Fsp3) is 0.480. The van der Waals surface area contributed by atoms with E-state index in [0.29, 0.717) is 12.8 Å². The molecule has 4 nitrogen and oxygen atoms in total. The van der Waals surface area contributed by atoms with Crippen LogP contribution in [-0.2, 0) is 22.4 Å². The van der Waals surface area contributed by atoms with Crippen molar-refractivity contribution in [3.63, 3.8) is 0 Å². The normalized spacial score (nSPS) is 26.4. The number of ether oxygens (including phenoxy) is 1. The highest BCUT2D eigenvalue weighted by molar-refractivity contribution is 5.69. The highest BCUT2D eigenvalue weighted by Crippen LogP contribution is 2.46. The third kappa shape index (κ3) is 4.04. The predicted octanol–water partition coefficient (Wildman–Crippen LogP) is 5.14. The Balaban J connectivity index is 1.48. The zero-order chi connectivity index (χ0) is 20.6. The third-order valence-corrected chi connectivity index (χ3v) is 6.45. The summed E-state index contributed by atoms with van der Waals surface area (Å²) in [4.78, 5) is 14.7. The fourth-order valence-corrected chi connectivity index (χ4v) is 4.83. The highest BCUT2D eigenvalue weighted by atomic mass is 16.6. The Morgan fingerprint density at radius 3 is 2.34 bits per heavy atom. The van der Waals surface area contributed by atoms with E-state index < -0.39 is 5.60 Å². The Kier molecular flexibility index (Phi) is 5.16. The number of nitrogens with zero attached hydrogens (tertiary/aromatic N) is 1. The van der Waals surface area contributed by atoms with Gasteiger partial charge in [-0.05, 0) is 34.9 Å². The average molecular weight is 394 g/mol. The van der Waals surface area contributed by atoms with Crippen molar-refractivity contribution in [1.29, 1.82) is 0 Å². The van der Waals surface area contributed by atoms with Crippen LogP contribution in [-0.4, -0.2) is 28.2 Å². The number of fused-ring (bicyclic) bond motifs is 2. The molecule has 2 bridgehead atoms. The van der Waals surface area contributed by atoms with Crippen LogP contribution in [0.4, 0.5) is 4.79 Å². The predicted molar refractivity (Wildman–Crippen MR) is 114 cm³/mol. The van der Waals surface area contributed by atoms with Gasteiger partial charge in [0.1, 0.15) is 6.61 Å². The van der Waals surface area contributed by atoms with Gasteiger partial charge in [0, 0.05) is 24.9 Å². The number of benzene rings is 2. The van der Waals surface area contributed by atoms with E-state index >= 15 is 0 Å². The van der Waals surface area contributed by atoms with Gasteiger partial charge >= 0.3 is 6.09 Å². The van der Waals surface area contributed by atoms with Crippen molar-refractivity contribution in [3.05, 3.63) is 71.3 Å². The molecule has 4 heteroatoms. The molecular weight excluding hydrogens is 362 g/mol. The molecule has 0 aliphatic carbocycles. The number of carbonyl (C=O) groups excluding carboxylic acids is 1. The second-order valence-electron chi connectivity index (χ2n) is 9.60. The number of hydrogen-bond donors (Lipinski definition) is 1. The minimum atomic E-state index is -0.886. The summed E-state index contributed by atoms with van der Waals surface area (Å²) in [7, 11) is 0. The van der Waals surface area contributed by atoms with Gasteiger partial charge in [0.05, 0.1) is 5.60 Å². The maximum absolute atomic E-state index is 12.8. The summed E-state index contributed by atoms with van der Waals surface area (Å²) < 4.78 is 5.59. The van der Waals surface area contributed by atoms with Crippen LogP contribution in [0.5, 0.6) is 0 Å². The summed E-state index contributed by atoms with van der Waals surface area (Å²) in [5, 5.41) is 11.5. The molecule has 2 fully saturated rings. The zero-order valence-corrected chi connectivity index (χ0v) is 17.6. The minimum absolute atomic E-state index is 0.0281. The van der Waals surface area contributed by atoms with E-state index in [1.165, 1.54) is 5.56 Å². The van der Waals surface area contributed by atoms with Gasteiger partial charge in [0.2, 0.25) is 0 Å². The molecule has 0 aromatic heterocycles. The topological polar surface area (TPSA) is 49.8 Å². The first-order valence-corrected chi connectivity index (χ1v) is 10.6. The van der Waals surface area contributed by atoms with Gasteiger partial charge in [-0.2, -0.15) is 0 Å².